The van der Waals surface area contributed by atoms with Crippen LogP contribution in [0.1, 0.15) is 50.0 Å². The lowest BCUT2D eigenvalue weighted by Crippen LogP contribution is -2.11. The highest BCUT2D eigenvalue weighted by atomic mass is 16.4. The molecule has 0 saturated carbocycles. The molecule has 1 aliphatic rings. The zero-order valence-corrected chi connectivity index (χ0v) is 12.6. The van der Waals surface area contributed by atoms with Crippen LogP contribution in [0.25, 0.3) is 0 Å². The molecule has 0 fully saturated rings. The molecule has 4 heteroatoms. The Balaban J connectivity index is 1.74. The van der Waals surface area contributed by atoms with Crippen molar-refractivity contribution in [2.75, 3.05) is 0 Å². The molecule has 2 N–H and O–H groups in total. The van der Waals surface area contributed by atoms with E-state index in [4.69, 9.17) is 0 Å². The predicted molar refractivity (Wildman–Crippen MR) is 83.6 cm³/mol. The number of rotatable bonds is 8. The summed E-state index contributed by atoms with van der Waals surface area (Å²) in [5.74, 6) is -1.21. The summed E-state index contributed by atoms with van der Waals surface area (Å²) in [7, 11) is 0. The van der Waals surface area contributed by atoms with E-state index < -0.39 is 18.0 Å². The second-order valence-electron chi connectivity index (χ2n) is 5.79. The first-order chi connectivity index (χ1) is 10.6. The molecule has 22 heavy (non-hydrogen) atoms. The van der Waals surface area contributed by atoms with Gasteiger partial charge >= 0.3 is 5.97 Å². The summed E-state index contributed by atoms with van der Waals surface area (Å²) in [5, 5.41) is 18.7. The van der Waals surface area contributed by atoms with Gasteiger partial charge in [-0.05, 0) is 36.5 Å². The highest BCUT2D eigenvalue weighted by Gasteiger charge is 2.22. The number of carboxylic acid groups (broad SMARTS) is 1. The number of carbonyl (C=O) groups is 2. The summed E-state index contributed by atoms with van der Waals surface area (Å²) in [6, 6.07) is 9.29. The van der Waals surface area contributed by atoms with Crippen LogP contribution in [0.4, 0.5) is 0 Å². The summed E-state index contributed by atoms with van der Waals surface area (Å²) in [4.78, 5) is 22.9. The minimum Gasteiger partial charge on any atom is -0.481 e. The molecule has 0 saturated heterocycles. The third-order valence-corrected chi connectivity index (χ3v) is 4.09. The summed E-state index contributed by atoms with van der Waals surface area (Å²) < 4.78 is 0. The summed E-state index contributed by atoms with van der Waals surface area (Å²) in [6.45, 7) is 0. The van der Waals surface area contributed by atoms with Crippen molar-refractivity contribution in [3.05, 3.63) is 47.5 Å². The van der Waals surface area contributed by atoms with Gasteiger partial charge in [0.05, 0.1) is 12.0 Å². The average Bonchev–Trinajstić information content (AvgIpc) is 2.81. The molecule has 0 bridgehead atoms. The fourth-order valence-corrected chi connectivity index (χ4v) is 2.89. The molecule has 4 nitrogen and oxygen atoms in total. The van der Waals surface area contributed by atoms with Crippen molar-refractivity contribution in [3.8, 4) is 0 Å². The molecule has 0 amide bonds. The van der Waals surface area contributed by atoms with Crippen LogP contribution in [0.15, 0.2) is 42.0 Å². The number of aliphatic hydroxyl groups is 1. The number of aliphatic hydroxyl groups excluding tert-OH is 1. The van der Waals surface area contributed by atoms with Crippen molar-refractivity contribution in [1.82, 2.24) is 0 Å². The molecular formula is C18H22O4. The average molecular weight is 302 g/mol. The molecule has 0 radical (unpaired) electrons. The van der Waals surface area contributed by atoms with E-state index in [0.717, 1.165) is 30.4 Å². The van der Waals surface area contributed by atoms with Crippen molar-refractivity contribution in [2.45, 2.75) is 50.5 Å². The molecule has 1 aromatic rings. The highest BCUT2D eigenvalue weighted by molar-refractivity contribution is 5.98. The first-order valence-corrected chi connectivity index (χ1v) is 7.77. The predicted octanol–water partition coefficient (Wildman–Crippen LogP) is 3.07. The van der Waals surface area contributed by atoms with Gasteiger partial charge in [0.25, 0.3) is 0 Å². The molecule has 1 aliphatic carbocycles. The Morgan fingerprint density at radius 3 is 2.50 bits per heavy atom. The molecule has 2 rings (SSSR count). The lowest BCUT2D eigenvalue weighted by atomic mass is 9.93. The lowest BCUT2D eigenvalue weighted by Gasteiger charge is -2.12. The summed E-state index contributed by atoms with van der Waals surface area (Å²) in [5.41, 5.74) is 1.57. The Labute approximate surface area is 130 Å². The number of benzene rings is 1. The van der Waals surface area contributed by atoms with Crippen LogP contribution in [0, 0.1) is 0 Å². The van der Waals surface area contributed by atoms with Gasteiger partial charge in [0.2, 0.25) is 0 Å². The van der Waals surface area contributed by atoms with Gasteiger partial charge in [0.15, 0.2) is 5.78 Å². The number of ketones is 1. The first-order valence-electron chi connectivity index (χ1n) is 7.77. The van der Waals surface area contributed by atoms with Crippen molar-refractivity contribution >= 4 is 11.8 Å². The summed E-state index contributed by atoms with van der Waals surface area (Å²) in [6.07, 6.45) is 5.08. The first kappa shape index (κ1) is 16.4. The van der Waals surface area contributed by atoms with E-state index in [-0.39, 0.29) is 12.2 Å². The number of unbranched alkanes of at least 4 members (excludes halogenated alkanes) is 2. The van der Waals surface area contributed by atoms with Gasteiger partial charge in [-0.25, -0.2) is 0 Å². The number of Topliss-reactive ketones (excluding diaryl/α,β-unsaturated/α-hetero) is 1. The Hall–Kier alpha value is -1.94. The Kier molecular flexibility index (Phi) is 5.90. The van der Waals surface area contributed by atoms with E-state index >= 15 is 0 Å². The van der Waals surface area contributed by atoms with E-state index in [1.54, 1.807) is 6.08 Å². The van der Waals surface area contributed by atoms with Crippen LogP contribution in [-0.2, 0) is 9.59 Å². The SMILES string of the molecule is O=C1CC(O)C=C1CCCCCC(C(=O)O)c1ccccc1. The number of carbonyl (C=O) groups excluding carboxylic acids is 1. The van der Waals surface area contributed by atoms with Gasteiger partial charge in [-0.3, -0.25) is 9.59 Å². The Morgan fingerprint density at radius 1 is 1.18 bits per heavy atom. The molecule has 1 aromatic carbocycles. The van der Waals surface area contributed by atoms with Gasteiger partial charge < -0.3 is 10.2 Å². The van der Waals surface area contributed by atoms with E-state index in [2.05, 4.69) is 0 Å². The smallest absolute Gasteiger partial charge is 0.310 e. The third-order valence-electron chi connectivity index (χ3n) is 4.09. The van der Waals surface area contributed by atoms with E-state index in [1.807, 2.05) is 30.3 Å². The van der Waals surface area contributed by atoms with Crippen LogP contribution in [0.3, 0.4) is 0 Å². The van der Waals surface area contributed by atoms with E-state index in [0.29, 0.717) is 12.8 Å². The maximum Gasteiger partial charge on any atom is 0.310 e. The minimum atomic E-state index is -0.789. The van der Waals surface area contributed by atoms with Crippen molar-refractivity contribution in [3.63, 3.8) is 0 Å². The van der Waals surface area contributed by atoms with Gasteiger partial charge in [0.1, 0.15) is 0 Å². The number of hydrogen-bond acceptors (Lipinski definition) is 3. The quantitative estimate of drug-likeness (QED) is 0.724. The molecular weight excluding hydrogens is 280 g/mol. The molecule has 118 valence electrons. The Bertz CT molecular complexity index is 547. The van der Waals surface area contributed by atoms with Crippen LogP contribution in [0.5, 0.6) is 0 Å². The molecule has 0 heterocycles. The van der Waals surface area contributed by atoms with Gasteiger partial charge in [-0.1, -0.05) is 43.2 Å². The Morgan fingerprint density at radius 2 is 1.91 bits per heavy atom. The van der Waals surface area contributed by atoms with Crippen LogP contribution in [-0.4, -0.2) is 28.1 Å². The van der Waals surface area contributed by atoms with Gasteiger partial charge in [0, 0.05) is 6.42 Å². The van der Waals surface area contributed by atoms with Crippen molar-refractivity contribution in [2.24, 2.45) is 0 Å². The van der Waals surface area contributed by atoms with Crippen molar-refractivity contribution in [1.29, 1.82) is 0 Å². The highest BCUT2D eigenvalue weighted by Crippen LogP contribution is 2.24. The van der Waals surface area contributed by atoms with Gasteiger partial charge in [-0.2, -0.15) is 0 Å². The number of aliphatic carboxylic acids is 1. The number of hydrogen-bond donors (Lipinski definition) is 2. The molecule has 2 atom stereocenters. The maximum atomic E-state index is 11.5. The van der Waals surface area contributed by atoms with Gasteiger partial charge in [-0.15, -0.1) is 0 Å². The molecule has 0 spiro atoms. The van der Waals surface area contributed by atoms with Crippen LogP contribution < -0.4 is 0 Å². The second kappa shape index (κ2) is 7.90. The fourth-order valence-electron chi connectivity index (χ4n) is 2.89. The number of allylic oxidation sites excluding steroid dienone is 1. The second-order valence-corrected chi connectivity index (χ2v) is 5.79. The lowest BCUT2D eigenvalue weighted by molar-refractivity contribution is -0.139. The largest absolute Gasteiger partial charge is 0.481 e. The topological polar surface area (TPSA) is 74.6 Å². The van der Waals surface area contributed by atoms with Crippen LogP contribution >= 0.6 is 0 Å². The minimum absolute atomic E-state index is 0.0419. The van der Waals surface area contributed by atoms with Crippen LogP contribution in [0.2, 0.25) is 0 Å². The zero-order chi connectivity index (χ0) is 15.9. The standard InChI is InChI=1S/C18H22O4/c19-15-11-14(17(20)12-15)9-5-2-6-10-16(18(21)22)13-7-3-1-4-8-13/h1,3-4,7-8,11,15-16,19H,2,5-6,9-10,12H2,(H,21,22). The number of carboxylic acids is 1. The molecule has 0 aliphatic heterocycles. The maximum absolute atomic E-state index is 11.5. The van der Waals surface area contributed by atoms with Crippen molar-refractivity contribution < 1.29 is 19.8 Å². The molecule has 2 unspecified atom stereocenters. The molecule has 0 aromatic heterocycles. The fraction of sp³-hybridized carbons (Fsp3) is 0.444. The normalized spacial score (nSPS) is 19.0. The van der Waals surface area contributed by atoms with E-state index in [1.165, 1.54) is 0 Å². The third kappa shape index (κ3) is 4.53. The zero-order valence-electron chi connectivity index (χ0n) is 12.6. The van der Waals surface area contributed by atoms with E-state index in [9.17, 15) is 19.8 Å². The summed E-state index contributed by atoms with van der Waals surface area (Å²) >= 11 is 0. The monoisotopic (exact) mass is 302 g/mol.